The first-order chi connectivity index (χ1) is 14.0. The first-order valence-corrected chi connectivity index (χ1v) is 9.85. The monoisotopic (exact) mass is 426 g/mol. The molecule has 1 saturated heterocycles. The Morgan fingerprint density at radius 3 is 2.59 bits per heavy atom. The molecule has 1 fully saturated rings. The van der Waals surface area contributed by atoms with Crippen LogP contribution in [0.1, 0.15) is 5.56 Å². The molecule has 1 aliphatic rings. The van der Waals surface area contributed by atoms with Crippen molar-refractivity contribution < 1.29 is 19.1 Å². The van der Waals surface area contributed by atoms with Gasteiger partial charge in [0, 0.05) is 27.7 Å². The van der Waals surface area contributed by atoms with Gasteiger partial charge in [-0.2, -0.15) is 0 Å². The van der Waals surface area contributed by atoms with Crippen LogP contribution in [0, 0.1) is 0 Å². The highest BCUT2D eigenvalue weighted by atomic mass is 35.5. The number of methoxy groups -OCH3 is 1. The maximum atomic E-state index is 12.9. The van der Waals surface area contributed by atoms with Gasteiger partial charge in [0.2, 0.25) is 0 Å². The number of thioether (sulfide) groups is 1. The second-order valence-electron chi connectivity index (χ2n) is 6.30. The number of imide groups is 1. The third kappa shape index (κ3) is 3.66. The lowest BCUT2D eigenvalue weighted by atomic mass is 10.1. The smallest absolute Gasteiger partial charge is 0.325 e. The van der Waals surface area contributed by atoms with E-state index in [4.69, 9.17) is 16.3 Å². The zero-order valence-electron chi connectivity index (χ0n) is 15.3. The number of aromatic nitrogens is 1. The van der Waals surface area contributed by atoms with Gasteiger partial charge in [0.05, 0.1) is 17.7 Å². The van der Waals surface area contributed by atoms with Gasteiger partial charge in [0.1, 0.15) is 6.54 Å². The van der Waals surface area contributed by atoms with Crippen LogP contribution in [-0.2, 0) is 20.9 Å². The standard InChI is InChI=1S/C21H15ClN2O4S/c1-28-19(25)12-23-11-13(16-4-2-3-5-17(16)23)10-18-20(26)24(21(27)29-18)15-8-6-14(22)7-9-15/h2-11H,12H2,1H3/b18-10-. The molecule has 0 unspecified atom stereocenters. The number of esters is 1. The Hall–Kier alpha value is -3.03. The number of amides is 2. The molecule has 1 aliphatic heterocycles. The quantitative estimate of drug-likeness (QED) is 0.446. The summed E-state index contributed by atoms with van der Waals surface area (Å²) in [5, 5.41) is 1.02. The maximum Gasteiger partial charge on any atom is 0.325 e. The molecule has 0 bridgehead atoms. The lowest BCUT2D eigenvalue weighted by Crippen LogP contribution is -2.27. The fourth-order valence-corrected chi connectivity index (χ4v) is 4.10. The van der Waals surface area contributed by atoms with Crippen molar-refractivity contribution in [1.29, 1.82) is 0 Å². The van der Waals surface area contributed by atoms with Crippen LogP contribution in [0.3, 0.4) is 0 Å². The Kier molecular flexibility index (Phi) is 5.17. The summed E-state index contributed by atoms with van der Waals surface area (Å²) < 4.78 is 6.51. The molecular weight excluding hydrogens is 412 g/mol. The number of benzene rings is 2. The van der Waals surface area contributed by atoms with Crippen LogP contribution in [0.15, 0.2) is 59.6 Å². The third-order valence-corrected chi connectivity index (χ3v) is 5.63. The Labute approximate surface area is 175 Å². The number of carbonyl (C=O) groups excluding carboxylic acids is 3. The van der Waals surface area contributed by atoms with Crippen LogP contribution in [0.25, 0.3) is 17.0 Å². The summed E-state index contributed by atoms with van der Waals surface area (Å²) in [4.78, 5) is 38.5. The molecule has 0 radical (unpaired) electrons. The van der Waals surface area contributed by atoms with Crippen molar-refractivity contribution in [2.24, 2.45) is 0 Å². The molecule has 146 valence electrons. The van der Waals surface area contributed by atoms with Gasteiger partial charge >= 0.3 is 5.97 Å². The maximum absolute atomic E-state index is 12.9. The van der Waals surface area contributed by atoms with Gasteiger partial charge in [0.25, 0.3) is 11.1 Å². The van der Waals surface area contributed by atoms with E-state index in [1.54, 1.807) is 41.1 Å². The van der Waals surface area contributed by atoms with Crippen molar-refractivity contribution >= 4 is 63.1 Å². The number of ether oxygens (including phenoxy) is 1. The molecule has 8 heteroatoms. The van der Waals surface area contributed by atoms with E-state index in [1.165, 1.54) is 7.11 Å². The van der Waals surface area contributed by atoms with E-state index >= 15 is 0 Å². The fraction of sp³-hybridized carbons (Fsp3) is 0.0952. The summed E-state index contributed by atoms with van der Waals surface area (Å²) in [5.41, 5.74) is 2.04. The van der Waals surface area contributed by atoms with Crippen molar-refractivity contribution in [3.8, 4) is 0 Å². The number of anilines is 1. The van der Waals surface area contributed by atoms with Crippen molar-refractivity contribution in [2.75, 3.05) is 12.0 Å². The number of fused-ring (bicyclic) bond motifs is 1. The van der Waals surface area contributed by atoms with Crippen LogP contribution < -0.4 is 4.90 Å². The van der Waals surface area contributed by atoms with Crippen LogP contribution in [0.5, 0.6) is 0 Å². The molecule has 3 aromatic rings. The number of para-hydroxylation sites is 1. The number of nitrogens with zero attached hydrogens (tertiary/aromatic N) is 2. The predicted octanol–water partition coefficient (Wildman–Crippen LogP) is 4.71. The van der Waals surface area contributed by atoms with E-state index < -0.39 is 5.91 Å². The molecule has 2 amide bonds. The SMILES string of the molecule is COC(=O)Cn1cc(/C=C2\SC(=O)N(c3ccc(Cl)cc3)C2=O)c2ccccc21. The number of rotatable bonds is 4. The molecule has 0 N–H and O–H groups in total. The lowest BCUT2D eigenvalue weighted by molar-refractivity contribution is -0.141. The van der Waals surface area contributed by atoms with Crippen LogP contribution in [-0.4, -0.2) is 28.8 Å². The topological polar surface area (TPSA) is 68.6 Å². The molecule has 0 saturated carbocycles. The predicted molar refractivity (Wildman–Crippen MR) is 114 cm³/mol. The number of carbonyl (C=O) groups is 3. The summed E-state index contributed by atoms with van der Waals surface area (Å²) in [5.74, 6) is -0.771. The van der Waals surface area contributed by atoms with Gasteiger partial charge in [0.15, 0.2) is 0 Å². The van der Waals surface area contributed by atoms with Gasteiger partial charge in [-0.25, -0.2) is 4.90 Å². The minimum atomic E-state index is -0.396. The van der Waals surface area contributed by atoms with Crippen molar-refractivity contribution in [1.82, 2.24) is 4.57 Å². The summed E-state index contributed by atoms with van der Waals surface area (Å²) in [6, 6.07) is 14.0. The van der Waals surface area contributed by atoms with E-state index in [2.05, 4.69) is 0 Å². The molecule has 2 heterocycles. The van der Waals surface area contributed by atoms with E-state index in [1.807, 2.05) is 24.3 Å². The number of halogens is 1. The van der Waals surface area contributed by atoms with Gasteiger partial charge in [-0.05, 0) is 48.2 Å². The Balaban J connectivity index is 1.72. The molecule has 0 atom stereocenters. The zero-order chi connectivity index (χ0) is 20.5. The van der Waals surface area contributed by atoms with E-state index in [-0.39, 0.29) is 17.8 Å². The first-order valence-electron chi connectivity index (χ1n) is 8.66. The Morgan fingerprint density at radius 1 is 1.14 bits per heavy atom. The lowest BCUT2D eigenvalue weighted by Gasteiger charge is -2.12. The highest BCUT2D eigenvalue weighted by Crippen LogP contribution is 2.37. The second kappa shape index (κ2) is 7.77. The minimum Gasteiger partial charge on any atom is -0.468 e. The van der Waals surface area contributed by atoms with Crippen LogP contribution in [0.2, 0.25) is 5.02 Å². The van der Waals surface area contributed by atoms with Gasteiger partial charge < -0.3 is 9.30 Å². The highest BCUT2D eigenvalue weighted by Gasteiger charge is 2.36. The largest absolute Gasteiger partial charge is 0.468 e. The summed E-state index contributed by atoms with van der Waals surface area (Å²) in [7, 11) is 1.34. The molecule has 6 nitrogen and oxygen atoms in total. The molecule has 1 aromatic heterocycles. The normalized spacial score (nSPS) is 15.5. The molecule has 4 rings (SSSR count). The molecule has 29 heavy (non-hydrogen) atoms. The average Bonchev–Trinajstić information content (AvgIpc) is 3.20. The van der Waals surface area contributed by atoms with Crippen LogP contribution >= 0.6 is 23.4 Å². The summed E-state index contributed by atoms with van der Waals surface area (Å²) in [6.07, 6.45) is 3.45. The first kappa shape index (κ1) is 19.3. The van der Waals surface area contributed by atoms with Gasteiger partial charge in [-0.15, -0.1) is 0 Å². The number of hydrogen-bond donors (Lipinski definition) is 0. The summed E-state index contributed by atoms with van der Waals surface area (Å²) >= 11 is 6.77. The van der Waals surface area contributed by atoms with Crippen molar-refractivity contribution in [3.05, 3.63) is 70.2 Å². The molecule has 0 spiro atoms. The van der Waals surface area contributed by atoms with E-state index in [0.717, 1.165) is 33.1 Å². The summed E-state index contributed by atoms with van der Waals surface area (Å²) in [6.45, 7) is 0.0527. The fourth-order valence-electron chi connectivity index (χ4n) is 3.15. The van der Waals surface area contributed by atoms with Crippen LogP contribution in [0.4, 0.5) is 10.5 Å². The van der Waals surface area contributed by atoms with Gasteiger partial charge in [-0.3, -0.25) is 14.4 Å². The highest BCUT2D eigenvalue weighted by molar-refractivity contribution is 8.19. The van der Waals surface area contributed by atoms with Crippen molar-refractivity contribution in [3.63, 3.8) is 0 Å². The average molecular weight is 427 g/mol. The molecular formula is C21H15ClN2O4S. The van der Waals surface area contributed by atoms with Crippen molar-refractivity contribution in [2.45, 2.75) is 6.54 Å². The minimum absolute atomic E-state index is 0.0527. The molecule has 2 aromatic carbocycles. The zero-order valence-corrected chi connectivity index (χ0v) is 16.9. The van der Waals surface area contributed by atoms with Gasteiger partial charge in [-0.1, -0.05) is 29.8 Å². The van der Waals surface area contributed by atoms with E-state index in [9.17, 15) is 14.4 Å². The number of hydrogen-bond acceptors (Lipinski definition) is 5. The third-order valence-electron chi connectivity index (χ3n) is 4.51. The Bertz CT molecular complexity index is 1170. The van der Waals surface area contributed by atoms with E-state index in [0.29, 0.717) is 15.6 Å². The molecule has 0 aliphatic carbocycles. The Morgan fingerprint density at radius 2 is 1.86 bits per heavy atom. The second-order valence-corrected chi connectivity index (χ2v) is 7.73.